The van der Waals surface area contributed by atoms with Gasteiger partial charge in [0.1, 0.15) is 0 Å². The Morgan fingerprint density at radius 2 is 1.76 bits per heavy atom. The van der Waals surface area contributed by atoms with Gasteiger partial charge in [-0.2, -0.15) is 10.2 Å². The van der Waals surface area contributed by atoms with Crippen LogP contribution in [0.5, 0.6) is 0 Å². The molecule has 3 aromatic rings. The Kier molecular flexibility index (Phi) is 6.89. The van der Waals surface area contributed by atoms with Crippen LogP contribution in [0.15, 0.2) is 33.9 Å². The van der Waals surface area contributed by atoms with Crippen molar-refractivity contribution < 1.29 is 0 Å². The molecule has 0 spiro atoms. The van der Waals surface area contributed by atoms with E-state index in [0.717, 1.165) is 37.7 Å². The molecule has 29 heavy (non-hydrogen) atoms. The normalized spacial score (nSPS) is 11.1. The van der Waals surface area contributed by atoms with Gasteiger partial charge in [0.15, 0.2) is 11.2 Å². The number of fused-ring (bicyclic) bond motifs is 1. The van der Waals surface area contributed by atoms with Crippen molar-refractivity contribution in [3.63, 3.8) is 0 Å². The second-order valence-corrected chi connectivity index (χ2v) is 7.45. The number of unbranched alkanes of at least 4 members (excludes halogenated alkanes) is 3. The molecular weight excluding hydrogens is 390 g/mol. The van der Waals surface area contributed by atoms with Crippen LogP contribution in [0, 0.1) is 11.3 Å². The molecule has 8 heteroatoms. The highest BCUT2D eigenvalue weighted by molar-refractivity contribution is 6.28. The van der Waals surface area contributed by atoms with Crippen molar-refractivity contribution in [2.75, 3.05) is 0 Å². The smallest absolute Gasteiger partial charge is 0.323 e. The largest absolute Gasteiger partial charge is 0.332 e. The lowest BCUT2D eigenvalue weighted by Gasteiger charge is -2.11. The fourth-order valence-corrected chi connectivity index (χ4v) is 3.58. The molecule has 0 saturated carbocycles. The first kappa shape index (κ1) is 20.9. The topological polar surface area (TPSA) is 96.5 Å². The third kappa shape index (κ3) is 4.77. The summed E-state index contributed by atoms with van der Waals surface area (Å²) in [7, 11) is 0. The maximum absolute atomic E-state index is 12.9. The maximum Gasteiger partial charge on any atom is 0.332 e. The van der Waals surface area contributed by atoms with Crippen LogP contribution >= 0.6 is 11.6 Å². The molecule has 0 fully saturated rings. The van der Waals surface area contributed by atoms with E-state index in [4.69, 9.17) is 16.9 Å². The quantitative estimate of drug-likeness (QED) is 0.428. The minimum Gasteiger partial charge on any atom is -0.323 e. The predicted octanol–water partition coefficient (Wildman–Crippen LogP) is 3.62. The second kappa shape index (κ2) is 9.57. The van der Waals surface area contributed by atoms with Crippen LogP contribution in [0.2, 0.25) is 5.28 Å². The van der Waals surface area contributed by atoms with Gasteiger partial charge in [0.2, 0.25) is 5.28 Å². The van der Waals surface area contributed by atoms with Gasteiger partial charge in [-0.05, 0) is 55.0 Å². The highest BCUT2D eigenvalue weighted by Crippen LogP contribution is 2.12. The molecule has 0 bridgehead atoms. The standard InChI is InChI=1S/C21H24ClN5O2/c1-2-3-5-12-26-18-17(24-20(22)25-18)19(28)27(21(26)29)13-6-4-7-15-8-10-16(14-23)11-9-15/h8-11H,2-7,12-13H2,1H3,(H,24,25). The van der Waals surface area contributed by atoms with Crippen LogP contribution < -0.4 is 11.2 Å². The van der Waals surface area contributed by atoms with Gasteiger partial charge in [-0.25, -0.2) is 4.79 Å². The SMILES string of the molecule is CCCCCn1c(=O)n(CCCCc2ccc(C#N)cc2)c(=O)c2[nH]c(Cl)nc21. The van der Waals surface area contributed by atoms with Gasteiger partial charge >= 0.3 is 5.69 Å². The lowest BCUT2D eigenvalue weighted by molar-refractivity contribution is 0.518. The Bertz CT molecular complexity index is 1140. The summed E-state index contributed by atoms with van der Waals surface area (Å²) in [5.74, 6) is 0. The molecule has 0 atom stereocenters. The molecule has 0 amide bonds. The number of nitriles is 1. The fourth-order valence-electron chi connectivity index (χ4n) is 3.40. The van der Waals surface area contributed by atoms with Crippen LogP contribution in [-0.2, 0) is 19.5 Å². The third-order valence-electron chi connectivity index (χ3n) is 5.00. The number of hydrogen-bond acceptors (Lipinski definition) is 4. The van der Waals surface area contributed by atoms with Gasteiger partial charge in [0.05, 0.1) is 11.6 Å². The zero-order chi connectivity index (χ0) is 20.8. The average molecular weight is 414 g/mol. The maximum atomic E-state index is 12.9. The summed E-state index contributed by atoms with van der Waals surface area (Å²) in [6.45, 7) is 2.95. The van der Waals surface area contributed by atoms with E-state index in [1.54, 1.807) is 16.7 Å². The number of benzene rings is 1. The molecule has 0 aliphatic rings. The second-order valence-electron chi connectivity index (χ2n) is 7.09. The summed E-state index contributed by atoms with van der Waals surface area (Å²) < 4.78 is 2.83. The van der Waals surface area contributed by atoms with E-state index in [1.165, 1.54) is 4.57 Å². The van der Waals surface area contributed by atoms with Gasteiger partial charge in [0, 0.05) is 13.1 Å². The molecule has 2 heterocycles. The Balaban J connectivity index is 1.76. The molecule has 7 nitrogen and oxygen atoms in total. The van der Waals surface area contributed by atoms with E-state index in [-0.39, 0.29) is 22.0 Å². The zero-order valence-corrected chi connectivity index (χ0v) is 17.2. The number of rotatable bonds is 9. The monoisotopic (exact) mass is 413 g/mol. The number of aryl methyl sites for hydroxylation is 2. The first-order valence-electron chi connectivity index (χ1n) is 9.93. The fraction of sp³-hybridized carbons (Fsp3) is 0.429. The number of aromatic nitrogens is 4. The van der Waals surface area contributed by atoms with Gasteiger partial charge < -0.3 is 4.98 Å². The molecule has 1 aromatic carbocycles. The summed E-state index contributed by atoms with van der Waals surface area (Å²) >= 11 is 5.96. The van der Waals surface area contributed by atoms with Crippen molar-refractivity contribution in [1.29, 1.82) is 5.26 Å². The number of H-pyrrole nitrogens is 1. The van der Waals surface area contributed by atoms with Crippen LogP contribution in [0.4, 0.5) is 0 Å². The van der Waals surface area contributed by atoms with Crippen molar-refractivity contribution in [3.8, 4) is 6.07 Å². The molecule has 2 aromatic heterocycles. The summed E-state index contributed by atoms with van der Waals surface area (Å²) in [6.07, 6.45) is 5.22. The summed E-state index contributed by atoms with van der Waals surface area (Å²) in [6, 6.07) is 9.56. The number of nitrogens with zero attached hydrogens (tertiary/aromatic N) is 4. The Morgan fingerprint density at radius 3 is 2.45 bits per heavy atom. The summed E-state index contributed by atoms with van der Waals surface area (Å²) in [4.78, 5) is 32.6. The third-order valence-corrected chi connectivity index (χ3v) is 5.18. The Labute approximate surface area is 173 Å². The molecule has 3 rings (SSSR count). The van der Waals surface area contributed by atoms with Gasteiger partial charge in [-0.1, -0.05) is 31.9 Å². The van der Waals surface area contributed by atoms with E-state index in [9.17, 15) is 9.59 Å². The van der Waals surface area contributed by atoms with Crippen molar-refractivity contribution in [2.45, 2.75) is 58.5 Å². The number of hydrogen-bond donors (Lipinski definition) is 1. The first-order valence-corrected chi connectivity index (χ1v) is 10.3. The molecule has 152 valence electrons. The minimum absolute atomic E-state index is 0.110. The average Bonchev–Trinajstić information content (AvgIpc) is 3.12. The molecule has 0 radical (unpaired) electrons. The highest BCUT2D eigenvalue weighted by Gasteiger charge is 2.16. The number of nitrogens with one attached hydrogen (secondary N) is 1. The van der Waals surface area contributed by atoms with Gasteiger partial charge in [-0.15, -0.1) is 0 Å². The van der Waals surface area contributed by atoms with Gasteiger partial charge in [-0.3, -0.25) is 13.9 Å². The lowest BCUT2D eigenvalue weighted by Crippen LogP contribution is -2.40. The van der Waals surface area contributed by atoms with Crippen LogP contribution in [-0.4, -0.2) is 19.1 Å². The van der Waals surface area contributed by atoms with Crippen molar-refractivity contribution in [3.05, 3.63) is 61.5 Å². The predicted molar refractivity (Wildman–Crippen MR) is 113 cm³/mol. The number of aromatic amines is 1. The summed E-state index contributed by atoms with van der Waals surface area (Å²) in [5, 5.41) is 8.97. The van der Waals surface area contributed by atoms with Crippen molar-refractivity contribution in [1.82, 2.24) is 19.1 Å². The highest BCUT2D eigenvalue weighted by atomic mass is 35.5. The molecular formula is C21H24ClN5O2. The van der Waals surface area contributed by atoms with Gasteiger partial charge in [0.25, 0.3) is 5.56 Å². The molecule has 0 aliphatic heterocycles. The van der Waals surface area contributed by atoms with E-state index in [1.807, 2.05) is 12.1 Å². The van der Waals surface area contributed by atoms with Crippen LogP contribution in [0.3, 0.4) is 0 Å². The van der Waals surface area contributed by atoms with Crippen LogP contribution in [0.1, 0.15) is 50.2 Å². The van der Waals surface area contributed by atoms with Crippen molar-refractivity contribution >= 4 is 22.8 Å². The molecule has 0 unspecified atom stereocenters. The lowest BCUT2D eigenvalue weighted by atomic mass is 10.1. The summed E-state index contributed by atoms with van der Waals surface area (Å²) in [5.41, 5.74) is 1.65. The molecule has 0 saturated heterocycles. The minimum atomic E-state index is -0.380. The van der Waals surface area contributed by atoms with E-state index in [0.29, 0.717) is 30.7 Å². The Hall–Kier alpha value is -2.85. The van der Waals surface area contributed by atoms with E-state index in [2.05, 4.69) is 23.0 Å². The van der Waals surface area contributed by atoms with Crippen LogP contribution in [0.25, 0.3) is 11.2 Å². The number of imidazole rings is 1. The van der Waals surface area contributed by atoms with E-state index < -0.39 is 0 Å². The first-order chi connectivity index (χ1) is 14.0. The Morgan fingerprint density at radius 1 is 1.07 bits per heavy atom. The zero-order valence-electron chi connectivity index (χ0n) is 16.4. The molecule has 1 N–H and O–H groups in total. The number of halogens is 1. The molecule has 0 aliphatic carbocycles. The van der Waals surface area contributed by atoms with Crippen molar-refractivity contribution in [2.24, 2.45) is 0 Å². The van der Waals surface area contributed by atoms with E-state index >= 15 is 0 Å².